The van der Waals surface area contributed by atoms with E-state index in [2.05, 4.69) is 0 Å². The number of amides is 4. The standard InChI is InChI=1S/C24H21F3N2O3.2C24H24N2O3.C23H21ClN2O3/c1-31-21-9-8-15(10-22(21)32-20-7-2-4-17(12-20)24(25,26)27)16-11-23(30)29(14-16)19-6-3-5-18(28)13-19;1-16-5-3-8-21(11-16)29-23-12-17(9-10-22(23)28-2)18-13-24(27)26(15-18)20-7-4-6-19(25)14-20;1-16-6-3-4-9-21(16)29-23-12-17(10-11-22(23)28-2)18-13-24(27)26(15-18)20-8-5-7-19(25)14-20;1-28-21-10-5-15(11-22(21)29-20-8-6-17(24)7-9-20)16-12-23(27)26(14-16)19-4-2-3-18(25)13-19/h2-10,12-13,16H,11,14,28H2,1H3;2*3-12,14,18H,13,15,25H2,1-2H3;2-11,13,16H,12,14,25H2,1H3/t16-;;;/m0.../s1. The molecule has 4 heterocycles. The number of nitrogen functional groups attached to an aromatic ring is 4. The first-order valence-corrected chi connectivity index (χ1v) is 38.9. The van der Waals surface area contributed by atoms with Gasteiger partial charge in [-0.25, -0.2) is 0 Å². The van der Waals surface area contributed by atoms with Crippen molar-refractivity contribution in [3.05, 3.63) is 311 Å². The predicted octanol–water partition coefficient (Wildman–Crippen LogP) is 20.6. The topological polar surface area (TPSA) is 259 Å². The summed E-state index contributed by atoms with van der Waals surface area (Å²) >= 11 is 5.95. The van der Waals surface area contributed by atoms with E-state index in [1.165, 1.54) is 19.2 Å². The van der Waals surface area contributed by atoms with Gasteiger partial charge in [0.25, 0.3) is 0 Å². The number of carbonyl (C=O) groups excluding carboxylic acids is 4. The van der Waals surface area contributed by atoms with Crippen molar-refractivity contribution >= 4 is 80.7 Å². The van der Waals surface area contributed by atoms with E-state index in [0.717, 1.165) is 79.8 Å². The summed E-state index contributed by atoms with van der Waals surface area (Å²) in [7, 11) is 6.30. The van der Waals surface area contributed by atoms with Gasteiger partial charge in [-0.15, -0.1) is 0 Å². The molecule has 119 heavy (non-hydrogen) atoms. The third kappa shape index (κ3) is 20.7. The fourth-order valence-corrected chi connectivity index (χ4v) is 14.8. The molecule has 8 N–H and O–H groups in total. The van der Waals surface area contributed by atoms with Crippen LogP contribution in [0.25, 0.3) is 0 Å². The van der Waals surface area contributed by atoms with Gasteiger partial charge < -0.3 is 80.4 Å². The number of nitrogens with zero attached hydrogens (tertiary/aromatic N) is 4. The average molecular weight is 1630 g/mol. The average Bonchev–Trinajstić information content (AvgIpc) is 1.77. The van der Waals surface area contributed by atoms with Crippen LogP contribution < -0.4 is 80.4 Å². The second-order valence-electron chi connectivity index (χ2n) is 29.1. The number of rotatable bonds is 20. The van der Waals surface area contributed by atoms with Gasteiger partial charge in [0.2, 0.25) is 23.6 Å². The van der Waals surface area contributed by atoms with Gasteiger partial charge in [-0.3, -0.25) is 19.2 Å². The molecule has 610 valence electrons. The van der Waals surface area contributed by atoms with Gasteiger partial charge in [0, 0.05) is 126 Å². The molecule has 12 aromatic carbocycles. The van der Waals surface area contributed by atoms with Gasteiger partial charge in [-0.2, -0.15) is 13.2 Å². The van der Waals surface area contributed by atoms with E-state index in [-0.39, 0.29) is 58.8 Å². The Labute approximate surface area is 693 Å². The Bertz CT molecular complexity index is 5660. The molecule has 4 fully saturated rings. The van der Waals surface area contributed by atoms with Crippen LogP contribution in [0.4, 0.5) is 58.7 Å². The summed E-state index contributed by atoms with van der Waals surface area (Å²) in [5.74, 6) is 7.07. The molecule has 0 radical (unpaired) electrons. The molecule has 0 bridgehead atoms. The number of alkyl halides is 3. The number of nitrogens with two attached hydrogens (primary N) is 4. The lowest BCUT2D eigenvalue weighted by Crippen LogP contribution is -2.24. The minimum atomic E-state index is -4.47. The maximum atomic E-state index is 13.0. The number of halogens is 4. The summed E-state index contributed by atoms with van der Waals surface area (Å²) < 4.78 is 84.8. The quantitative estimate of drug-likeness (QED) is 0.0517. The normalized spacial score (nSPS) is 16.2. The SMILES string of the molecule is COc1ccc(C2CC(=O)N(c3cccc(N)c3)C2)cc1Oc1ccc(Cl)cc1.COc1ccc(C2CC(=O)N(c3cccc(N)c3)C2)cc1Oc1cccc(C)c1.COc1ccc(C2CC(=O)N(c3cccc(N)c3)C2)cc1Oc1ccccc1C.COc1ccc([C@H]2CC(=O)N(c3cccc(N)c3)C2)cc1Oc1cccc(C(F)(F)F)c1. The molecule has 24 heteroatoms. The second kappa shape index (κ2) is 37.4. The van der Waals surface area contributed by atoms with Crippen molar-refractivity contribution in [1.29, 1.82) is 0 Å². The van der Waals surface area contributed by atoms with Crippen LogP contribution in [0, 0.1) is 13.8 Å². The van der Waals surface area contributed by atoms with E-state index in [0.29, 0.717) is 126 Å². The van der Waals surface area contributed by atoms with Gasteiger partial charge in [-0.1, -0.05) is 96.5 Å². The maximum absolute atomic E-state index is 13.0. The van der Waals surface area contributed by atoms with Crippen LogP contribution in [0.1, 0.15) is 88.3 Å². The first kappa shape index (κ1) is 83.2. The summed E-state index contributed by atoms with van der Waals surface area (Å²) in [5, 5.41) is 0.643. The number of para-hydroxylation sites is 1. The van der Waals surface area contributed by atoms with Gasteiger partial charge in [-0.05, 0) is 229 Å². The van der Waals surface area contributed by atoms with Crippen LogP contribution >= 0.6 is 11.6 Å². The van der Waals surface area contributed by atoms with Crippen LogP contribution in [0.15, 0.2) is 267 Å². The number of anilines is 8. The lowest BCUT2D eigenvalue weighted by molar-refractivity contribution is -0.137. The summed E-state index contributed by atoms with van der Waals surface area (Å²) in [4.78, 5) is 57.6. The molecule has 4 saturated heterocycles. The van der Waals surface area contributed by atoms with Crippen molar-refractivity contribution < 1.29 is 70.2 Å². The third-order valence-corrected chi connectivity index (χ3v) is 21.1. The van der Waals surface area contributed by atoms with Crippen molar-refractivity contribution in [3.8, 4) is 69.0 Å². The van der Waals surface area contributed by atoms with Crippen molar-refractivity contribution in [3.63, 3.8) is 0 Å². The molecule has 20 nitrogen and oxygen atoms in total. The fraction of sp³-hybridized carbons (Fsp3) is 0.200. The summed E-state index contributed by atoms with van der Waals surface area (Å²) in [6.07, 6.45) is -2.85. The molecule has 4 atom stereocenters. The second-order valence-corrected chi connectivity index (χ2v) is 29.5. The Hall–Kier alpha value is -13.8. The van der Waals surface area contributed by atoms with E-state index in [4.69, 9.17) is 72.4 Å². The number of methoxy groups -OCH3 is 4. The van der Waals surface area contributed by atoms with E-state index in [1.807, 2.05) is 202 Å². The van der Waals surface area contributed by atoms with E-state index >= 15 is 0 Å². The zero-order valence-corrected chi connectivity index (χ0v) is 67.1. The zero-order chi connectivity index (χ0) is 84.0. The fourth-order valence-electron chi connectivity index (χ4n) is 14.7. The monoisotopic (exact) mass is 1630 g/mol. The Morgan fingerprint density at radius 1 is 0.319 bits per heavy atom. The molecule has 0 aliphatic carbocycles. The number of aryl methyl sites for hydroxylation is 2. The molecule has 12 aromatic rings. The molecule has 0 aromatic heterocycles. The lowest BCUT2D eigenvalue weighted by atomic mass is 9.98. The smallest absolute Gasteiger partial charge is 0.416 e. The Morgan fingerprint density at radius 3 is 0.966 bits per heavy atom. The molecule has 3 unspecified atom stereocenters. The van der Waals surface area contributed by atoms with Crippen LogP contribution in [0.2, 0.25) is 5.02 Å². The molecule has 4 aliphatic rings. The van der Waals surface area contributed by atoms with Crippen LogP contribution in [-0.2, 0) is 25.4 Å². The number of hydrogen-bond acceptors (Lipinski definition) is 16. The molecular formula is C95H90ClF3N8O12. The van der Waals surface area contributed by atoms with E-state index in [1.54, 1.807) is 95.5 Å². The highest BCUT2D eigenvalue weighted by Gasteiger charge is 2.37. The highest BCUT2D eigenvalue weighted by molar-refractivity contribution is 6.30. The zero-order valence-electron chi connectivity index (χ0n) is 66.4. The largest absolute Gasteiger partial charge is 0.493 e. The number of ether oxygens (including phenoxy) is 8. The van der Waals surface area contributed by atoms with Crippen molar-refractivity contribution in [1.82, 2.24) is 0 Å². The first-order chi connectivity index (χ1) is 57.3. The molecule has 4 amide bonds. The van der Waals surface area contributed by atoms with Gasteiger partial charge >= 0.3 is 6.18 Å². The molecule has 4 aliphatic heterocycles. The highest BCUT2D eigenvalue weighted by Crippen LogP contribution is 2.45. The Kier molecular flexibility index (Phi) is 26.2. The van der Waals surface area contributed by atoms with E-state index < -0.39 is 11.7 Å². The maximum Gasteiger partial charge on any atom is 0.416 e. The van der Waals surface area contributed by atoms with E-state index in [9.17, 15) is 32.3 Å². The number of carbonyl (C=O) groups is 4. The number of hydrogen-bond donors (Lipinski definition) is 4. The lowest BCUT2D eigenvalue weighted by Gasteiger charge is -2.18. The van der Waals surface area contributed by atoms with Crippen LogP contribution in [0.5, 0.6) is 69.0 Å². The van der Waals surface area contributed by atoms with Gasteiger partial charge in [0.15, 0.2) is 46.0 Å². The summed E-state index contributed by atoms with van der Waals surface area (Å²) in [6.45, 7) is 6.30. The third-order valence-electron chi connectivity index (χ3n) is 20.8. The molecule has 0 spiro atoms. The highest BCUT2D eigenvalue weighted by atomic mass is 35.5. The van der Waals surface area contributed by atoms with Crippen molar-refractivity contribution in [2.24, 2.45) is 0 Å². The summed E-state index contributed by atoms with van der Waals surface area (Å²) in [6, 6.07) is 79.7. The number of benzene rings is 12. The van der Waals surface area contributed by atoms with Crippen LogP contribution in [0.3, 0.4) is 0 Å². The molecule has 16 rings (SSSR count). The minimum absolute atomic E-state index is 0.0308. The molecule has 0 saturated carbocycles. The van der Waals surface area contributed by atoms with Crippen molar-refractivity contribution in [2.45, 2.75) is 69.4 Å². The predicted molar refractivity (Wildman–Crippen MR) is 460 cm³/mol. The van der Waals surface area contributed by atoms with Crippen LogP contribution in [-0.4, -0.2) is 78.2 Å². The summed E-state index contributed by atoms with van der Waals surface area (Å²) in [5.41, 5.74) is 34.5. The van der Waals surface area contributed by atoms with Gasteiger partial charge in [0.1, 0.15) is 23.0 Å². The minimum Gasteiger partial charge on any atom is -0.493 e. The van der Waals surface area contributed by atoms with Gasteiger partial charge in [0.05, 0.1) is 34.0 Å². The first-order valence-electron chi connectivity index (χ1n) is 38.5. The Morgan fingerprint density at radius 2 is 0.639 bits per heavy atom. The Balaban J connectivity index is 0.000000137. The van der Waals surface area contributed by atoms with Crippen molar-refractivity contribution in [2.75, 3.05) is 97.2 Å². The molecular weight excluding hydrogens is 1540 g/mol.